The van der Waals surface area contributed by atoms with Crippen molar-refractivity contribution in [1.82, 2.24) is 10.2 Å². The summed E-state index contributed by atoms with van der Waals surface area (Å²) in [5.74, 6) is 0.561. The van der Waals surface area contributed by atoms with Gasteiger partial charge in [0.2, 0.25) is 0 Å². The molecule has 4 heteroatoms. The van der Waals surface area contributed by atoms with E-state index in [1.807, 2.05) is 30.3 Å². The number of aliphatic hydroxyl groups is 1. The average molecular weight is 290 g/mol. The van der Waals surface area contributed by atoms with Gasteiger partial charge in [0.25, 0.3) is 0 Å². The summed E-state index contributed by atoms with van der Waals surface area (Å²) < 4.78 is 0. The number of nitrogens with zero attached hydrogens (tertiary/aromatic N) is 1. The highest BCUT2D eigenvalue weighted by molar-refractivity contribution is 5.74. The van der Waals surface area contributed by atoms with Gasteiger partial charge in [-0.3, -0.25) is 0 Å². The summed E-state index contributed by atoms with van der Waals surface area (Å²) in [6.07, 6.45) is 4.08. The number of carbonyl (C=O) groups is 1. The van der Waals surface area contributed by atoms with Crippen LogP contribution in [0.5, 0.6) is 0 Å². The molecule has 0 aromatic heterocycles. The van der Waals surface area contributed by atoms with Crippen LogP contribution < -0.4 is 5.32 Å². The SMILES string of the molecule is C[C@@H]1CCC[C@H]1NC(=O)N(CCCO)Cc1ccccc1. The highest BCUT2D eigenvalue weighted by atomic mass is 16.3. The van der Waals surface area contributed by atoms with Gasteiger partial charge >= 0.3 is 6.03 Å². The predicted molar refractivity (Wildman–Crippen MR) is 83.9 cm³/mol. The second kappa shape index (κ2) is 8.03. The number of carbonyl (C=O) groups excluding carboxylic acids is 1. The molecule has 0 radical (unpaired) electrons. The average Bonchev–Trinajstić information content (AvgIpc) is 2.89. The Kier molecular flexibility index (Phi) is 6.05. The zero-order chi connectivity index (χ0) is 15.1. The molecule has 1 fully saturated rings. The van der Waals surface area contributed by atoms with Gasteiger partial charge in [-0.1, -0.05) is 43.7 Å². The van der Waals surface area contributed by atoms with E-state index in [0.717, 1.165) is 12.0 Å². The topological polar surface area (TPSA) is 52.6 Å². The van der Waals surface area contributed by atoms with Crippen molar-refractivity contribution in [3.8, 4) is 0 Å². The first-order chi connectivity index (χ1) is 10.2. The molecule has 1 aliphatic carbocycles. The van der Waals surface area contributed by atoms with Crippen molar-refractivity contribution in [2.75, 3.05) is 13.2 Å². The third kappa shape index (κ3) is 4.74. The minimum absolute atomic E-state index is 0.00828. The normalized spacial score (nSPS) is 21.2. The summed E-state index contributed by atoms with van der Waals surface area (Å²) in [7, 11) is 0. The summed E-state index contributed by atoms with van der Waals surface area (Å²) in [6.45, 7) is 3.48. The quantitative estimate of drug-likeness (QED) is 0.846. The lowest BCUT2D eigenvalue weighted by Gasteiger charge is -2.26. The van der Waals surface area contributed by atoms with Crippen molar-refractivity contribution < 1.29 is 9.90 Å². The number of nitrogens with one attached hydrogen (secondary N) is 1. The van der Waals surface area contributed by atoms with E-state index in [9.17, 15) is 4.79 Å². The first kappa shape index (κ1) is 15.8. The Balaban J connectivity index is 1.95. The van der Waals surface area contributed by atoms with Gasteiger partial charge in [-0.15, -0.1) is 0 Å². The van der Waals surface area contributed by atoms with E-state index in [1.165, 1.54) is 12.8 Å². The van der Waals surface area contributed by atoms with Crippen LogP contribution in [0.25, 0.3) is 0 Å². The van der Waals surface area contributed by atoms with Gasteiger partial charge in [0, 0.05) is 25.7 Å². The zero-order valence-corrected chi connectivity index (χ0v) is 12.8. The lowest BCUT2D eigenvalue weighted by atomic mass is 10.1. The van der Waals surface area contributed by atoms with Crippen molar-refractivity contribution in [2.24, 2.45) is 5.92 Å². The van der Waals surface area contributed by atoms with Crippen LogP contribution in [0.1, 0.15) is 38.2 Å². The number of rotatable bonds is 6. The fourth-order valence-electron chi connectivity index (χ4n) is 2.93. The molecule has 0 unspecified atom stereocenters. The highest BCUT2D eigenvalue weighted by Crippen LogP contribution is 2.25. The standard InChI is InChI=1S/C17H26N2O2/c1-14-7-5-10-16(14)18-17(21)19(11-6-12-20)13-15-8-3-2-4-9-15/h2-4,8-9,14,16,20H,5-7,10-13H2,1H3,(H,18,21)/t14-,16-/m1/s1. The summed E-state index contributed by atoms with van der Waals surface area (Å²) >= 11 is 0. The molecule has 1 aromatic rings. The number of benzene rings is 1. The third-order valence-electron chi connectivity index (χ3n) is 4.26. The Bertz CT molecular complexity index is 436. The van der Waals surface area contributed by atoms with E-state index < -0.39 is 0 Å². The Labute approximate surface area is 127 Å². The van der Waals surface area contributed by atoms with Gasteiger partial charge in [0.05, 0.1) is 0 Å². The first-order valence-electron chi connectivity index (χ1n) is 7.91. The van der Waals surface area contributed by atoms with Crippen LogP contribution >= 0.6 is 0 Å². The molecule has 1 saturated carbocycles. The number of hydrogen-bond acceptors (Lipinski definition) is 2. The monoisotopic (exact) mass is 290 g/mol. The Hall–Kier alpha value is -1.55. The second-order valence-corrected chi connectivity index (χ2v) is 5.95. The smallest absolute Gasteiger partial charge is 0.317 e. The van der Waals surface area contributed by atoms with Crippen molar-refractivity contribution in [3.05, 3.63) is 35.9 Å². The molecular weight excluding hydrogens is 264 g/mol. The van der Waals surface area contributed by atoms with E-state index in [0.29, 0.717) is 31.5 Å². The van der Waals surface area contributed by atoms with Crippen LogP contribution in [0, 0.1) is 5.92 Å². The van der Waals surface area contributed by atoms with E-state index in [2.05, 4.69) is 12.2 Å². The zero-order valence-electron chi connectivity index (χ0n) is 12.8. The molecule has 0 bridgehead atoms. The van der Waals surface area contributed by atoms with Gasteiger partial charge in [0.15, 0.2) is 0 Å². The van der Waals surface area contributed by atoms with E-state index >= 15 is 0 Å². The van der Waals surface area contributed by atoms with Crippen molar-refractivity contribution in [2.45, 2.75) is 45.2 Å². The van der Waals surface area contributed by atoms with Gasteiger partial charge < -0.3 is 15.3 Å². The van der Waals surface area contributed by atoms with Gasteiger partial charge in [-0.25, -0.2) is 4.79 Å². The minimum Gasteiger partial charge on any atom is -0.396 e. The minimum atomic E-state index is -0.00828. The summed E-state index contributed by atoms with van der Waals surface area (Å²) in [6, 6.07) is 10.3. The second-order valence-electron chi connectivity index (χ2n) is 5.95. The molecule has 2 rings (SSSR count). The molecule has 116 valence electrons. The van der Waals surface area contributed by atoms with Gasteiger partial charge in [-0.2, -0.15) is 0 Å². The van der Waals surface area contributed by atoms with Crippen LogP contribution in [0.15, 0.2) is 30.3 Å². The maximum Gasteiger partial charge on any atom is 0.317 e. The molecule has 0 spiro atoms. The molecular formula is C17H26N2O2. The molecule has 0 heterocycles. The maximum absolute atomic E-state index is 12.5. The Morgan fingerprint density at radius 3 is 2.71 bits per heavy atom. The fourth-order valence-corrected chi connectivity index (χ4v) is 2.93. The molecule has 2 amide bonds. The molecule has 0 aliphatic heterocycles. The molecule has 4 nitrogen and oxygen atoms in total. The lowest BCUT2D eigenvalue weighted by molar-refractivity contribution is 0.180. The molecule has 2 atom stereocenters. The third-order valence-corrected chi connectivity index (χ3v) is 4.26. The molecule has 21 heavy (non-hydrogen) atoms. The van der Waals surface area contributed by atoms with E-state index in [1.54, 1.807) is 4.90 Å². The van der Waals surface area contributed by atoms with Crippen LogP contribution in [0.2, 0.25) is 0 Å². The van der Waals surface area contributed by atoms with Crippen LogP contribution in [-0.2, 0) is 6.54 Å². The molecule has 1 aromatic carbocycles. The lowest BCUT2D eigenvalue weighted by Crippen LogP contribution is -2.45. The summed E-state index contributed by atoms with van der Waals surface area (Å²) in [4.78, 5) is 14.3. The Morgan fingerprint density at radius 2 is 2.10 bits per heavy atom. The van der Waals surface area contributed by atoms with Crippen LogP contribution in [-0.4, -0.2) is 35.2 Å². The summed E-state index contributed by atoms with van der Waals surface area (Å²) in [5, 5.41) is 12.2. The Morgan fingerprint density at radius 1 is 1.33 bits per heavy atom. The summed E-state index contributed by atoms with van der Waals surface area (Å²) in [5.41, 5.74) is 1.12. The number of urea groups is 1. The first-order valence-corrected chi connectivity index (χ1v) is 7.91. The molecule has 0 saturated heterocycles. The van der Waals surface area contributed by atoms with Gasteiger partial charge in [-0.05, 0) is 30.7 Å². The number of aliphatic hydroxyl groups excluding tert-OH is 1. The predicted octanol–water partition coefficient (Wildman–Crippen LogP) is 2.77. The molecule has 2 N–H and O–H groups in total. The highest BCUT2D eigenvalue weighted by Gasteiger charge is 2.26. The number of hydrogen-bond donors (Lipinski definition) is 2. The van der Waals surface area contributed by atoms with E-state index in [4.69, 9.17) is 5.11 Å². The molecule has 1 aliphatic rings. The van der Waals surface area contributed by atoms with Crippen LogP contribution in [0.3, 0.4) is 0 Å². The largest absolute Gasteiger partial charge is 0.396 e. The van der Waals surface area contributed by atoms with Crippen LogP contribution in [0.4, 0.5) is 4.79 Å². The fraction of sp³-hybridized carbons (Fsp3) is 0.588. The van der Waals surface area contributed by atoms with Gasteiger partial charge in [0.1, 0.15) is 0 Å². The van der Waals surface area contributed by atoms with Crippen molar-refractivity contribution in [3.63, 3.8) is 0 Å². The number of amides is 2. The van der Waals surface area contributed by atoms with E-state index in [-0.39, 0.29) is 12.6 Å². The maximum atomic E-state index is 12.5. The van der Waals surface area contributed by atoms with Crippen molar-refractivity contribution >= 4 is 6.03 Å². The van der Waals surface area contributed by atoms with Crippen molar-refractivity contribution in [1.29, 1.82) is 0 Å².